The molecule has 0 atom stereocenters. The Labute approximate surface area is 103 Å². The van der Waals surface area contributed by atoms with Gasteiger partial charge in [-0.3, -0.25) is 10.1 Å². The largest absolute Gasteiger partial charge is 0.360 e. The fraction of sp³-hybridized carbons (Fsp3) is 0.400. The van der Waals surface area contributed by atoms with Crippen molar-refractivity contribution in [2.45, 2.75) is 26.9 Å². The van der Waals surface area contributed by atoms with E-state index in [-0.39, 0.29) is 5.69 Å². The minimum atomic E-state index is -0.433. The predicted octanol–water partition coefficient (Wildman–Crippen LogP) is 1.72. The van der Waals surface area contributed by atoms with Gasteiger partial charge >= 0.3 is 5.69 Å². The summed E-state index contributed by atoms with van der Waals surface area (Å²) in [5.41, 5.74) is 0.387. The van der Waals surface area contributed by atoms with Crippen LogP contribution in [0.3, 0.4) is 0 Å². The van der Waals surface area contributed by atoms with E-state index in [0.717, 1.165) is 0 Å². The summed E-state index contributed by atoms with van der Waals surface area (Å²) < 4.78 is 6.48. The van der Waals surface area contributed by atoms with Gasteiger partial charge in [0.15, 0.2) is 5.76 Å². The lowest BCUT2D eigenvalue weighted by atomic mass is 10.3. The van der Waals surface area contributed by atoms with Crippen LogP contribution in [-0.4, -0.2) is 19.9 Å². The van der Waals surface area contributed by atoms with Crippen molar-refractivity contribution in [3.8, 4) is 0 Å². The van der Waals surface area contributed by atoms with Gasteiger partial charge in [-0.2, -0.15) is 5.10 Å². The Bertz CT molecular complexity index is 546. The summed E-state index contributed by atoms with van der Waals surface area (Å²) in [5, 5.41) is 21.7. The molecule has 0 radical (unpaired) electrons. The average molecular weight is 251 g/mol. The van der Waals surface area contributed by atoms with E-state index in [0.29, 0.717) is 30.4 Å². The molecule has 0 fully saturated rings. The maximum Gasteiger partial charge on any atom is 0.333 e. The van der Waals surface area contributed by atoms with Crippen LogP contribution in [0.1, 0.15) is 18.4 Å². The topological polar surface area (TPSA) is 99.0 Å². The lowest BCUT2D eigenvalue weighted by Gasteiger charge is -2.05. The molecule has 0 saturated carbocycles. The summed E-state index contributed by atoms with van der Waals surface area (Å²) in [6, 6.07) is 1.69. The first kappa shape index (κ1) is 12.1. The lowest BCUT2D eigenvalue weighted by Crippen LogP contribution is -2.07. The maximum atomic E-state index is 11.0. The minimum Gasteiger partial charge on any atom is -0.360 e. The molecule has 2 aromatic heterocycles. The molecule has 8 heteroatoms. The summed E-state index contributed by atoms with van der Waals surface area (Å²) in [5.74, 6) is 0.988. The molecule has 2 rings (SSSR count). The van der Waals surface area contributed by atoms with Crippen LogP contribution >= 0.6 is 0 Å². The molecule has 0 amide bonds. The van der Waals surface area contributed by atoms with Crippen LogP contribution in [-0.2, 0) is 13.1 Å². The van der Waals surface area contributed by atoms with Gasteiger partial charge in [0, 0.05) is 12.6 Å². The first-order valence-electron chi connectivity index (χ1n) is 5.48. The number of rotatable bonds is 5. The highest BCUT2D eigenvalue weighted by Gasteiger charge is 2.24. The Morgan fingerprint density at radius 1 is 1.61 bits per heavy atom. The van der Waals surface area contributed by atoms with Crippen molar-refractivity contribution >= 4 is 11.5 Å². The average Bonchev–Trinajstić information content (AvgIpc) is 2.92. The summed E-state index contributed by atoms with van der Waals surface area (Å²) >= 11 is 0. The Balaban J connectivity index is 2.27. The molecule has 1 N–H and O–H groups in total. The molecule has 0 aliphatic heterocycles. The van der Waals surface area contributed by atoms with Gasteiger partial charge in [0.1, 0.15) is 5.69 Å². The van der Waals surface area contributed by atoms with E-state index in [2.05, 4.69) is 15.6 Å². The highest BCUT2D eigenvalue weighted by atomic mass is 16.6. The van der Waals surface area contributed by atoms with Crippen molar-refractivity contribution in [3.05, 3.63) is 33.8 Å². The van der Waals surface area contributed by atoms with Gasteiger partial charge in [-0.05, 0) is 13.8 Å². The summed E-state index contributed by atoms with van der Waals surface area (Å²) in [6.07, 6.45) is 1.52. The third-order valence-electron chi connectivity index (χ3n) is 2.50. The zero-order valence-electron chi connectivity index (χ0n) is 10.1. The van der Waals surface area contributed by atoms with E-state index in [4.69, 9.17) is 4.52 Å². The van der Waals surface area contributed by atoms with Gasteiger partial charge in [-0.25, -0.2) is 4.68 Å². The van der Waals surface area contributed by atoms with Gasteiger partial charge in [0.2, 0.25) is 5.82 Å². The SMILES string of the molecule is CCn1nc(C)c([N+](=O)[O-])c1NCc1ccno1. The van der Waals surface area contributed by atoms with Crippen molar-refractivity contribution in [2.75, 3.05) is 5.32 Å². The van der Waals surface area contributed by atoms with Crippen LogP contribution in [0, 0.1) is 17.0 Å². The third kappa shape index (κ3) is 2.17. The molecule has 2 aromatic rings. The number of hydrogen-bond acceptors (Lipinski definition) is 6. The highest BCUT2D eigenvalue weighted by molar-refractivity contribution is 5.59. The molecule has 96 valence electrons. The Hall–Kier alpha value is -2.38. The summed E-state index contributed by atoms with van der Waals surface area (Å²) in [7, 11) is 0. The first-order valence-corrected chi connectivity index (χ1v) is 5.48. The zero-order valence-corrected chi connectivity index (χ0v) is 10.1. The van der Waals surface area contributed by atoms with Crippen LogP contribution < -0.4 is 5.32 Å². The lowest BCUT2D eigenvalue weighted by molar-refractivity contribution is -0.384. The quantitative estimate of drug-likeness (QED) is 0.641. The first-order chi connectivity index (χ1) is 8.63. The molecule has 8 nitrogen and oxygen atoms in total. The Morgan fingerprint density at radius 2 is 2.39 bits per heavy atom. The van der Waals surface area contributed by atoms with Gasteiger partial charge in [0.25, 0.3) is 0 Å². The van der Waals surface area contributed by atoms with E-state index < -0.39 is 4.92 Å². The Morgan fingerprint density at radius 3 is 2.94 bits per heavy atom. The van der Waals surface area contributed by atoms with Crippen LogP contribution in [0.2, 0.25) is 0 Å². The van der Waals surface area contributed by atoms with E-state index in [1.807, 2.05) is 6.92 Å². The second-order valence-electron chi connectivity index (χ2n) is 3.69. The number of nitro groups is 1. The fourth-order valence-electron chi connectivity index (χ4n) is 1.70. The van der Waals surface area contributed by atoms with Crippen molar-refractivity contribution < 1.29 is 9.45 Å². The van der Waals surface area contributed by atoms with Gasteiger partial charge in [0.05, 0.1) is 17.7 Å². The number of nitrogens with zero attached hydrogens (tertiary/aromatic N) is 4. The van der Waals surface area contributed by atoms with Crippen molar-refractivity contribution in [1.29, 1.82) is 0 Å². The molecule has 0 spiro atoms. The molecule has 0 unspecified atom stereocenters. The standard InChI is InChI=1S/C10H13N5O3/c1-3-14-10(9(15(16)17)7(2)13-14)11-6-8-4-5-12-18-8/h4-5,11H,3,6H2,1-2H3. The second kappa shape index (κ2) is 4.86. The van der Waals surface area contributed by atoms with E-state index >= 15 is 0 Å². The third-order valence-corrected chi connectivity index (χ3v) is 2.50. The molecule has 0 aliphatic rings. The smallest absolute Gasteiger partial charge is 0.333 e. The number of aryl methyl sites for hydroxylation is 2. The fourth-order valence-corrected chi connectivity index (χ4v) is 1.70. The molecule has 0 bridgehead atoms. The van der Waals surface area contributed by atoms with Gasteiger partial charge in [-0.1, -0.05) is 5.16 Å². The van der Waals surface area contributed by atoms with Crippen LogP contribution in [0.15, 0.2) is 16.8 Å². The summed E-state index contributed by atoms with van der Waals surface area (Å²) in [4.78, 5) is 10.6. The summed E-state index contributed by atoms with van der Waals surface area (Å²) in [6.45, 7) is 4.36. The number of aromatic nitrogens is 3. The Kier molecular flexibility index (Phi) is 3.26. The second-order valence-corrected chi connectivity index (χ2v) is 3.69. The number of hydrogen-bond donors (Lipinski definition) is 1. The zero-order chi connectivity index (χ0) is 13.1. The maximum absolute atomic E-state index is 11.0. The molecular formula is C10H13N5O3. The predicted molar refractivity (Wildman–Crippen MR) is 63.1 cm³/mol. The molecule has 0 aromatic carbocycles. The van der Waals surface area contributed by atoms with Crippen LogP contribution in [0.4, 0.5) is 11.5 Å². The van der Waals surface area contributed by atoms with E-state index in [1.165, 1.54) is 6.20 Å². The van der Waals surface area contributed by atoms with Crippen molar-refractivity contribution in [1.82, 2.24) is 14.9 Å². The molecule has 18 heavy (non-hydrogen) atoms. The van der Waals surface area contributed by atoms with Gasteiger partial charge in [-0.15, -0.1) is 0 Å². The minimum absolute atomic E-state index is 0.00337. The van der Waals surface area contributed by atoms with Crippen molar-refractivity contribution in [2.24, 2.45) is 0 Å². The number of nitrogens with one attached hydrogen (secondary N) is 1. The number of anilines is 1. The van der Waals surface area contributed by atoms with E-state index in [1.54, 1.807) is 17.7 Å². The molecule has 0 aliphatic carbocycles. The molecule has 2 heterocycles. The normalized spacial score (nSPS) is 10.6. The molecule has 0 saturated heterocycles. The van der Waals surface area contributed by atoms with Gasteiger partial charge < -0.3 is 9.84 Å². The van der Waals surface area contributed by atoms with Crippen molar-refractivity contribution in [3.63, 3.8) is 0 Å². The highest BCUT2D eigenvalue weighted by Crippen LogP contribution is 2.28. The van der Waals surface area contributed by atoms with E-state index in [9.17, 15) is 10.1 Å². The monoisotopic (exact) mass is 251 g/mol. The van der Waals surface area contributed by atoms with Crippen LogP contribution in [0.25, 0.3) is 0 Å². The molecular weight excluding hydrogens is 238 g/mol. The van der Waals surface area contributed by atoms with Crippen LogP contribution in [0.5, 0.6) is 0 Å².